The van der Waals surface area contributed by atoms with E-state index in [1.54, 1.807) is 26.0 Å². The monoisotopic (exact) mass is 312 g/mol. The molecule has 4 nitrogen and oxygen atoms in total. The number of benzene rings is 1. The van der Waals surface area contributed by atoms with Crippen LogP contribution in [0.5, 0.6) is 0 Å². The van der Waals surface area contributed by atoms with Gasteiger partial charge in [0.05, 0.1) is 11.5 Å². The van der Waals surface area contributed by atoms with E-state index >= 15 is 0 Å². The maximum atomic E-state index is 13.2. The lowest BCUT2D eigenvalue weighted by Crippen LogP contribution is -2.44. The minimum Gasteiger partial charge on any atom is -0.351 e. The number of carbonyl (C=O) groups excluding carboxylic acids is 2. The van der Waals surface area contributed by atoms with E-state index in [0.29, 0.717) is 12.2 Å². The third-order valence-electron chi connectivity index (χ3n) is 3.53. The van der Waals surface area contributed by atoms with Crippen molar-refractivity contribution < 1.29 is 14.0 Å². The Hall–Kier alpha value is -1.62. The van der Waals surface area contributed by atoms with E-state index in [9.17, 15) is 14.0 Å². The predicted molar refractivity (Wildman–Crippen MR) is 79.8 cm³/mol. The Bertz CT molecular complexity index is 562. The second-order valence-corrected chi connectivity index (χ2v) is 6.14. The van der Waals surface area contributed by atoms with Gasteiger partial charge >= 0.3 is 0 Å². The van der Waals surface area contributed by atoms with E-state index in [4.69, 9.17) is 11.6 Å². The molecule has 0 spiro atoms. The Balaban J connectivity index is 2.05. The normalized spacial score (nSPS) is 19.0. The van der Waals surface area contributed by atoms with Crippen LogP contribution in [0.15, 0.2) is 24.3 Å². The highest BCUT2D eigenvalue weighted by Gasteiger charge is 2.35. The first-order valence-corrected chi connectivity index (χ1v) is 7.30. The number of hydrogen-bond donors (Lipinski definition) is 1. The highest BCUT2D eigenvalue weighted by molar-refractivity contribution is 6.19. The number of halogens is 2. The fourth-order valence-electron chi connectivity index (χ4n) is 2.14. The standard InChI is InChI=1S/C15H18ClFN2O2/c1-15(2,9-16)14(21)18-11-7-13(20)19(8-11)12-5-3-4-10(17)6-12/h3-6,11H,7-9H2,1-2H3,(H,18,21)/t11-/m1/s1. The SMILES string of the molecule is CC(C)(CCl)C(=O)N[C@@H]1CC(=O)N(c2cccc(F)c2)C1. The molecule has 114 valence electrons. The van der Waals surface area contributed by atoms with Crippen molar-refractivity contribution in [2.24, 2.45) is 5.41 Å². The second kappa shape index (κ2) is 6.02. The zero-order valence-corrected chi connectivity index (χ0v) is 12.8. The summed E-state index contributed by atoms with van der Waals surface area (Å²) in [5, 5.41) is 2.84. The van der Waals surface area contributed by atoms with E-state index in [0.717, 1.165) is 0 Å². The second-order valence-electron chi connectivity index (χ2n) is 5.88. The summed E-state index contributed by atoms with van der Waals surface area (Å²) in [6.45, 7) is 3.83. The molecule has 1 atom stereocenters. The molecule has 0 unspecified atom stereocenters. The molecule has 1 aromatic rings. The molecule has 0 aliphatic carbocycles. The predicted octanol–water partition coefficient (Wildman–Crippen LogP) is 2.31. The van der Waals surface area contributed by atoms with Gasteiger partial charge in [0.1, 0.15) is 5.82 Å². The summed E-state index contributed by atoms with van der Waals surface area (Å²) in [6, 6.07) is 5.58. The summed E-state index contributed by atoms with van der Waals surface area (Å²) >= 11 is 5.76. The van der Waals surface area contributed by atoms with Crippen molar-refractivity contribution in [2.75, 3.05) is 17.3 Å². The van der Waals surface area contributed by atoms with Gasteiger partial charge in [-0.2, -0.15) is 0 Å². The third kappa shape index (κ3) is 3.53. The molecule has 2 amide bonds. The van der Waals surface area contributed by atoms with E-state index in [1.807, 2.05) is 0 Å². The molecule has 1 fully saturated rings. The molecule has 2 rings (SSSR count). The van der Waals surface area contributed by atoms with Crippen molar-refractivity contribution in [2.45, 2.75) is 26.3 Å². The molecule has 0 saturated carbocycles. The topological polar surface area (TPSA) is 49.4 Å². The van der Waals surface area contributed by atoms with Crippen molar-refractivity contribution in [3.63, 3.8) is 0 Å². The van der Waals surface area contributed by atoms with Crippen LogP contribution >= 0.6 is 11.6 Å². The lowest BCUT2D eigenvalue weighted by molar-refractivity contribution is -0.128. The summed E-state index contributed by atoms with van der Waals surface area (Å²) < 4.78 is 13.2. The smallest absolute Gasteiger partial charge is 0.229 e. The average Bonchev–Trinajstić information content (AvgIpc) is 2.79. The summed E-state index contributed by atoms with van der Waals surface area (Å²) in [7, 11) is 0. The molecule has 1 aliphatic heterocycles. The van der Waals surface area contributed by atoms with Crippen LogP contribution in [0.2, 0.25) is 0 Å². The van der Waals surface area contributed by atoms with Crippen LogP contribution in [0.1, 0.15) is 20.3 Å². The summed E-state index contributed by atoms with van der Waals surface area (Å²) in [4.78, 5) is 25.6. The largest absolute Gasteiger partial charge is 0.351 e. The van der Waals surface area contributed by atoms with Crippen LogP contribution < -0.4 is 10.2 Å². The fourth-order valence-corrected chi connectivity index (χ4v) is 2.26. The Morgan fingerprint density at radius 2 is 2.24 bits per heavy atom. The fraction of sp³-hybridized carbons (Fsp3) is 0.467. The highest BCUT2D eigenvalue weighted by atomic mass is 35.5. The van der Waals surface area contributed by atoms with Gasteiger partial charge < -0.3 is 10.2 Å². The lowest BCUT2D eigenvalue weighted by Gasteiger charge is -2.23. The third-order valence-corrected chi connectivity index (χ3v) is 4.20. The number of nitrogens with one attached hydrogen (secondary N) is 1. The van der Waals surface area contributed by atoms with Crippen molar-refractivity contribution in [1.82, 2.24) is 5.32 Å². The van der Waals surface area contributed by atoms with Crippen molar-refractivity contribution in [1.29, 1.82) is 0 Å². The van der Waals surface area contributed by atoms with Gasteiger partial charge in [0.2, 0.25) is 11.8 Å². The number of rotatable bonds is 4. The van der Waals surface area contributed by atoms with Gasteiger partial charge in [0.15, 0.2) is 0 Å². The Morgan fingerprint density at radius 3 is 2.86 bits per heavy atom. The minimum absolute atomic E-state index is 0.130. The lowest BCUT2D eigenvalue weighted by atomic mass is 9.95. The van der Waals surface area contributed by atoms with E-state index in [-0.39, 0.29) is 30.2 Å². The molecule has 6 heteroatoms. The highest BCUT2D eigenvalue weighted by Crippen LogP contribution is 2.23. The maximum absolute atomic E-state index is 13.2. The number of alkyl halides is 1. The summed E-state index contributed by atoms with van der Waals surface area (Å²) in [5.74, 6) is -0.505. The van der Waals surface area contributed by atoms with Crippen molar-refractivity contribution in [3.8, 4) is 0 Å². The molecule has 0 aromatic heterocycles. The van der Waals surface area contributed by atoms with Crippen LogP contribution in [0.4, 0.5) is 10.1 Å². The van der Waals surface area contributed by atoms with Gasteiger partial charge in [0, 0.05) is 24.5 Å². The number of nitrogens with zero attached hydrogens (tertiary/aromatic N) is 1. The Labute approximate surface area is 128 Å². The minimum atomic E-state index is -0.684. The molecule has 0 radical (unpaired) electrons. The van der Waals surface area contributed by atoms with Crippen molar-refractivity contribution in [3.05, 3.63) is 30.1 Å². The Kier molecular flexibility index (Phi) is 4.52. The maximum Gasteiger partial charge on any atom is 0.229 e. The summed E-state index contributed by atoms with van der Waals surface area (Å²) in [5.41, 5.74) is -0.176. The van der Waals surface area contributed by atoms with Crippen LogP contribution in [0.3, 0.4) is 0 Å². The molecule has 1 heterocycles. The molecular weight excluding hydrogens is 295 g/mol. The van der Waals surface area contributed by atoms with Gasteiger partial charge in [-0.05, 0) is 32.0 Å². The molecule has 21 heavy (non-hydrogen) atoms. The van der Waals surface area contributed by atoms with Gasteiger partial charge in [-0.3, -0.25) is 9.59 Å². The van der Waals surface area contributed by atoms with Crippen LogP contribution in [0.25, 0.3) is 0 Å². The van der Waals surface area contributed by atoms with E-state index < -0.39 is 11.2 Å². The number of carbonyl (C=O) groups is 2. The quantitative estimate of drug-likeness (QED) is 0.867. The molecule has 1 N–H and O–H groups in total. The van der Waals surface area contributed by atoms with E-state index in [2.05, 4.69) is 5.32 Å². The number of hydrogen-bond acceptors (Lipinski definition) is 2. The molecule has 0 bridgehead atoms. The zero-order chi connectivity index (χ0) is 15.6. The number of amides is 2. The molecule has 1 saturated heterocycles. The van der Waals surface area contributed by atoms with Gasteiger partial charge in [-0.15, -0.1) is 11.6 Å². The van der Waals surface area contributed by atoms with Gasteiger partial charge in [0.25, 0.3) is 0 Å². The molecular formula is C15H18ClFN2O2. The summed E-state index contributed by atoms with van der Waals surface area (Å²) in [6.07, 6.45) is 0.209. The van der Waals surface area contributed by atoms with Crippen molar-refractivity contribution >= 4 is 29.1 Å². The molecule has 1 aromatic carbocycles. The zero-order valence-electron chi connectivity index (χ0n) is 12.0. The average molecular weight is 313 g/mol. The van der Waals surface area contributed by atoms with Crippen LogP contribution in [-0.4, -0.2) is 30.3 Å². The first kappa shape index (κ1) is 15.8. The molecule has 1 aliphatic rings. The first-order valence-electron chi connectivity index (χ1n) is 6.76. The van der Waals surface area contributed by atoms with E-state index in [1.165, 1.54) is 17.0 Å². The van der Waals surface area contributed by atoms with Gasteiger partial charge in [-0.25, -0.2) is 4.39 Å². The first-order chi connectivity index (χ1) is 9.83. The van der Waals surface area contributed by atoms with Crippen LogP contribution in [0, 0.1) is 11.2 Å². The Morgan fingerprint density at radius 1 is 1.52 bits per heavy atom. The van der Waals surface area contributed by atoms with Crippen LogP contribution in [-0.2, 0) is 9.59 Å². The number of anilines is 1. The van der Waals surface area contributed by atoms with Gasteiger partial charge in [-0.1, -0.05) is 6.07 Å².